The van der Waals surface area contributed by atoms with Crippen molar-refractivity contribution in [3.63, 3.8) is 0 Å². The van der Waals surface area contributed by atoms with Crippen LogP contribution < -0.4 is 0 Å². The fourth-order valence-corrected chi connectivity index (χ4v) is 8.88. The molecule has 0 saturated heterocycles. The number of hydrogen-bond donors (Lipinski definition) is 0. The highest BCUT2D eigenvalue weighted by Crippen LogP contribution is 2.17. The first-order valence-corrected chi connectivity index (χ1v) is 30.2. The van der Waals surface area contributed by atoms with Crippen LogP contribution in [0, 0.1) is 0 Å². The molecule has 0 aromatic heterocycles. The van der Waals surface area contributed by atoms with Crippen molar-refractivity contribution >= 4 is 11.9 Å². The Morgan fingerprint density at radius 3 is 1.07 bits per heavy atom. The van der Waals surface area contributed by atoms with Crippen molar-refractivity contribution < 1.29 is 23.8 Å². The predicted octanol–water partition coefficient (Wildman–Crippen LogP) is 20.7. The topological polar surface area (TPSA) is 61.8 Å². The number of esters is 2. The van der Waals surface area contributed by atoms with Gasteiger partial charge in [-0.15, -0.1) is 0 Å². The standard InChI is InChI=1S/C63H116O5/c1-4-7-10-13-16-19-22-25-28-30-31-32-34-37-40-43-46-49-52-55-58-66-59-61(68-63(65)57-54-51-48-45-42-39-35-27-24-21-18-15-12-9-6-3)60-67-62(64)56-53-50-47-44-41-38-36-33-29-26-23-20-17-14-11-8-5-2/h9,12,18,21,26-27,29,35,61H,4-8,10-11,13-17,19-20,22-25,28,30-34,36-60H2,1-3H3/b12-9-,21-18-,29-26-,35-27-. The van der Waals surface area contributed by atoms with Crippen LogP contribution in [0.1, 0.15) is 316 Å². The first-order valence-electron chi connectivity index (χ1n) is 30.2. The molecule has 0 radical (unpaired) electrons. The summed E-state index contributed by atoms with van der Waals surface area (Å²) in [6.07, 6.45) is 74.3. The molecule has 68 heavy (non-hydrogen) atoms. The second-order valence-corrected chi connectivity index (χ2v) is 20.2. The molecule has 1 atom stereocenters. The Hall–Kier alpha value is -2.14. The van der Waals surface area contributed by atoms with Gasteiger partial charge in [-0.25, -0.2) is 0 Å². The van der Waals surface area contributed by atoms with Gasteiger partial charge >= 0.3 is 11.9 Å². The Bertz CT molecular complexity index is 1120. The number of carbonyl (C=O) groups is 2. The average Bonchev–Trinajstić information content (AvgIpc) is 3.34. The molecular formula is C63H116O5. The van der Waals surface area contributed by atoms with E-state index in [0.717, 1.165) is 64.2 Å². The average molecular weight is 954 g/mol. The Balaban J connectivity index is 4.24. The number of allylic oxidation sites excluding steroid dienone is 8. The summed E-state index contributed by atoms with van der Waals surface area (Å²) in [5, 5.41) is 0. The highest BCUT2D eigenvalue weighted by molar-refractivity contribution is 5.70. The molecule has 0 rings (SSSR count). The van der Waals surface area contributed by atoms with Crippen LogP contribution in [0.2, 0.25) is 0 Å². The Morgan fingerprint density at radius 1 is 0.338 bits per heavy atom. The van der Waals surface area contributed by atoms with Crippen LogP contribution in [0.3, 0.4) is 0 Å². The molecular weight excluding hydrogens is 837 g/mol. The number of rotatable bonds is 56. The molecule has 398 valence electrons. The van der Waals surface area contributed by atoms with Crippen molar-refractivity contribution in [2.75, 3.05) is 19.8 Å². The van der Waals surface area contributed by atoms with E-state index in [0.29, 0.717) is 19.4 Å². The molecule has 5 nitrogen and oxygen atoms in total. The lowest BCUT2D eigenvalue weighted by Gasteiger charge is -2.18. The van der Waals surface area contributed by atoms with Gasteiger partial charge in [0.05, 0.1) is 6.61 Å². The number of hydrogen-bond acceptors (Lipinski definition) is 5. The lowest BCUT2D eigenvalue weighted by molar-refractivity contribution is -0.163. The highest BCUT2D eigenvalue weighted by Gasteiger charge is 2.17. The highest BCUT2D eigenvalue weighted by atomic mass is 16.6. The largest absolute Gasteiger partial charge is 0.462 e. The van der Waals surface area contributed by atoms with Crippen LogP contribution in [-0.4, -0.2) is 37.9 Å². The zero-order valence-corrected chi connectivity index (χ0v) is 45.9. The van der Waals surface area contributed by atoms with Crippen molar-refractivity contribution in [3.05, 3.63) is 48.6 Å². The molecule has 1 unspecified atom stereocenters. The van der Waals surface area contributed by atoms with E-state index in [-0.39, 0.29) is 25.2 Å². The summed E-state index contributed by atoms with van der Waals surface area (Å²) in [5.74, 6) is -0.405. The van der Waals surface area contributed by atoms with Crippen LogP contribution in [0.5, 0.6) is 0 Å². The van der Waals surface area contributed by atoms with Gasteiger partial charge in [0.1, 0.15) is 6.61 Å². The van der Waals surface area contributed by atoms with Gasteiger partial charge in [0.15, 0.2) is 6.10 Å². The molecule has 0 N–H and O–H groups in total. The van der Waals surface area contributed by atoms with Gasteiger partial charge in [0.2, 0.25) is 0 Å². The maximum absolute atomic E-state index is 12.9. The summed E-state index contributed by atoms with van der Waals surface area (Å²) in [4.78, 5) is 25.5. The third-order valence-electron chi connectivity index (χ3n) is 13.3. The van der Waals surface area contributed by atoms with Gasteiger partial charge in [-0.05, 0) is 77.0 Å². The molecule has 0 aliphatic heterocycles. The first-order chi connectivity index (χ1) is 33.6. The summed E-state index contributed by atoms with van der Waals surface area (Å²) in [5.41, 5.74) is 0. The van der Waals surface area contributed by atoms with Crippen LogP contribution in [0.25, 0.3) is 0 Å². The lowest BCUT2D eigenvalue weighted by Crippen LogP contribution is -2.30. The molecule has 5 heteroatoms. The molecule has 0 saturated carbocycles. The normalized spacial score (nSPS) is 12.5. The third-order valence-corrected chi connectivity index (χ3v) is 13.3. The maximum Gasteiger partial charge on any atom is 0.306 e. The van der Waals surface area contributed by atoms with Crippen molar-refractivity contribution in [3.8, 4) is 0 Å². The maximum atomic E-state index is 12.9. The summed E-state index contributed by atoms with van der Waals surface area (Å²) in [7, 11) is 0. The fourth-order valence-electron chi connectivity index (χ4n) is 8.88. The molecule has 0 bridgehead atoms. The van der Waals surface area contributed by atoms with Crippen LogP contribution in [0.15, 0.2) is 48.6 Å². The van der Waals surface area contributed by atoms with Gasteiger partial charge < -0.3 is 14.2 Å². The minimum Gasteiger partial charge on any atom is -0.462 e. The van der Waals surface area contributed by atoms with Crippen molar-refractivity contribution in [2.45, 2.75) is 322 Å². The van der Waals surface area contributed by atoms with Gasteiger partial charge in [-0.2, -0.15) is 0 Å². The van der Waals surface area contributed by atoms with E-state index in [4.69, 9.17) is 14.2 Å². The van der Waals surface area contributed by atoms with Crippen LogP contribution in [-0.2, 0) is 23.8 Å². The predicted molar refractivity (Wildman–Crippen MR) is 298 cm³/mol. The summed E-state index contributed by atoms with van der Waals surface area (Å²) < 4.78 is 17.5. The molecule has 0 aliphatic carbocycles. The molecule has 0 heterocycles. The zero-order valence-electron chi connectivity index (χ0n) is 45.9. The van der Waals surface area contributed by atoms with Crippen molar-refractivity contribution in [2.24, 2.45) is 0 Å². The molecule has 0 amide bonds. The molecule has 0 aliphatic rings. The number of unbranched alkanes of at least 4 members (excludes halogenated alkanes) is 37. The minimum absolute atomic E-state index is 0.0798. The molecule has 0 aromatic carbocycles. The van der Waals surface area contributed by atoms with Gasteiger partial charge in [0.25, 0.3) is 0 Å². The van der Waals surface area contributed by atoms with Crippen molar-refractivity contribution in [1.29, 1.82) is 0 Å². The Labute approximate surface area is 424 Å². The molecule has 0 aromatic rings. The van der Waals surface area contributed by atoms with Crippen LogP contribution in [0.4, 0.5) is 0 Å². The van der Waals surface area contributed by atoms with E-state index >= 15 is 0 Å². The minimum atomic E-state index is -0.545. The molecule has 0 spiro atoms. The monoisotopic (exact) mass is 953 g/mol. The van der Waals surface area contributed by atoms with Gasteiger partial charge in [0, 0.05) is 19.4 Å². The lowest BCUT2D eigenvalue weighted by atomic mass is 10.0. The molecule has 0 fully saturated rings. The second kappa shape index (κ2) is 59.2. The van der Waals surface area contributed by atoms with E-state index in [1.807, 2.05) is 0 Å². The van der Waals surface area contributed by atoms with Gasteiger partial charge in [-0.1, -0.05) is 275 Å². The van der Waals surface area contributed by atoms with E-state index in [2.05, 4.69) is 69.4 Å². The Morgan fingerprint density at radius 2 is 0.662 bits per heavy atom. The van der Waals surface area contributed by atoms with Crippen LogP contribution >= 0.6 is 0 Å². The van der Waals surface area contributed by atoms with Crippen molar-refractivity contribution in [1.82, 2.24) is 0 Å². The smallest absolute Gasteiger partial charge is 0.306 e. The number of carbonyl (C=O) groups excluding carboxylic acids is 2. The SMILES string of the molecule is CC/C=C\C/C=C\C/C=C\CCCCCCCC(=O)OC(COCCCCCCCCCCCCCCCCCCCCCC)COC(=O)CCCCCCCCC/C=C\CCCCCCCC. The van der Waals surface area contributed by atoms with E-state index < -0.39 is 6.10 Å². The summed E-state index contributed by atoms with van der Waals surface area (Å²) in [6.45, 7) is 7.75. The quantitative estimate of drug-likeness (QED) is 0.0345. The second-order valence-electron chi connectivity index (χ2n) is 20.2. The Kier molecular flexibility index (Phi) is 57.3. The zero-order chi connectivity index (χ0) is 49.2. The van der Waals surface area contributed by atoms with E-state index in [1.54, 1.807) is 0 Å². The summed E-state index contributed by atoms with van der Waals surface area (Å²) >= 11 is 0. The third kappa shape index (κ3) is 56.4. The van der Waals surface area contributed by atoms with Gasteiger partial charge in [-0.3, -0.25) is 9.59 Å². The summed E-state index contributed by atoms with van der Waals surface area (Å²) in [6, 6.07) is 0. The van der Waals surface area contributed by atoms with E-state index in [9.17, 15) is 9.59 Å². The first kappa shape index (κ1) is 65.9. The fraction of sp³-hybridized carbons (Fsp3) is 0.841. The number of ether oxygens (including phenoxy) is 3. The van der Waals surface area contributed by atoms with E-state index in [1.165, 1.54) is 218 Å².